The van der Waals surface area contributed by atoms with Crippen LogP contribution < -0.4 is 0 Å². The van der Waals surface area contributed by atoms with E-state index in [1.807, 2.05) is 6.26 Å². The van der Waals surface area contributed by atoms with Crippen molar-refractivity contribution in [1.29, 1.82) is 0 Å². The van der Waals surface area contributed by atoms with Crippen LogP contribution in [-0.2, 0) is 10.4 Å². The molecule has 23 heavy (non-hydrogen) atoms. The number of rotatable bonds is 3. The molecule has 0 aromatic heterocycles. The van der Waals surface area contributed by atoms with Crippen LogP contribution in [0.5, 0.6) is 0 Å². The third kappa shape index (κ3) is 2.72. The summed E-state index contributed by atoms with van der Waals surface area (Å²) in [6.07, 6.45) is 5.97. The molecule has 3 rings (SSSR count). The van der Waals surface area contributed by atoms with Gasteiger partial charge in [0.2, 0.25) is 5.67 Å². The molecule has 0 bridgehead atoms. The summed E-state index contributed by atoms with van der Waals surface area (Å²) in [5.74, 6) is -1.22. The molecule has 0 aliphatic heterocycles. The first kappa shape index (κ1) is 15.9. The van der Waals surface area contributed by atoms with Crippen molar-refractivity contribution in [3.05, 3.63) is 95.6 Å². The molecule has 0 saturated heterocycles. The predicted octanol–water partition coefficient (Wildman–Crippen LogP) is 5.67. The summed E-state index contributed by atoms with van der Waals surface area (Å²) in [5.41, 5.74) is -1.31. The smallest absolute Gasteiger partial charge is 0.205 e. The quantitative estimate of drug-likeness (QED) is 0.652. The maximum atomic E-state index is 15.2. The fourth-order valence-corrected chi connectivity index (χ4v) is 3.51. The van der Waals surface area contributed by atoms with Crippen molar-refractivity contribution < 1.29 is 13.2 Å². The average Bonchev–Trinajstić information content (AvgIpc) is 2.59. The molecular weight excluding hydrogens is 317 g/mol. The number of hydrogen-bond acceptors (Lipinski definition) is 1. The van der Waals surface area contributed by atoms with E-state index in [0.29, 0.717) is 5.56 Å². The maximum Gasteiger partial charge on any atom is 0.205 e. The van der Waals surface area contributed by atoms with Gasteiger partial charge in [0.15, 0.2) is 0 Å². The van der Waals surface area contributed by atoms with E-state index in [9.17, 15) is 8.78 Å². The number of thioether (sulfide) groups is 1. The molecule has 0 radical (unpaired) electrons. The van der Waals surface area contributed by atoms with E-state index >= 15 is 4.39 Å². The van der Waals surface area contributed by atoms with Crippen molar-refractivity contribution in [2.24, 2.45) is 0 Å². The molecule has 2 atom stereocenters. The van der Waals surface area contributed by atoms with Crippen LogP contribution >= 0.6 is 11.8 Å². The number of hydrogen-bond donors (Lipinski definition) is 0. The lowest BCUT2D eigenvalue weighted by atomic mass is 9.84. The van der Waals surface area contributed by atoms with E-state index in [0.717, 1.165) is 0 Å². The van der Waals surface area contributed by atoms with Crippen LogP contribution in [0.25, 0.3) is 0 Å². The van der Waals surface area contributed by atoms with Crippen LogP contribution in [0.3, 0.4) is 0 Å². The molecule has 0 N–H and O–H groups in total. The van der Waals surface area contributed by atoms with Crippen LogP contribution in [0.2, 0.25) is 0 Å². The summed E-state index contributed by atoms with van der Waals surface area (Å²) >= 11 is 1.36. The Hall–Kier alpha value is -1.94. The Bertz CT molecular complexity index is 752. The van der Waals surface area contributed by atoms with Gasteiger partial charge in [-0.3, -0.25) is 0 Å². The molecule has 4 heteroatoms. The lowest BCUT2D eigenvalue weighted by molar-refractivity contribution is 0.232. The van der Waals surface area contributed by atoms with Crippen LogP contribution in [0.1, 0.15) is 11.1 Å². The highest BCUT2D eigenvalue weighted by molar-refractivity contribution is 7.99. The van der Waals surface area contributed by atoms with E-state index in [2.05, 4.69) is 0 Å². The number of allylic oxidation sites excluding steroid dienone is 2. The zero-order valence-electron chi connectivity index (χ0n) is 12.5. The van der Waals surface area contributed by atoms with E-state index in [1.165, 1.54) is 36.0 Å². The van der Waals surface area contributed by atoms with E-state index in [4.69, 9.17) is 0 Å². The molecule has 2 aromatic carbocycles. The molecule has 0 nitrogen and oxygen atoms in total. The number of alkyl halides is 1. The van der Waals surface area contributed by atoms with Crippen molar-refractivity contribution in [2.45, 2.75) is 10.4 Å². The van der Waals surface area contributed by atoms with Crippen molar-refractivity contribution in [1.82, 2.24) is 0 Å². The first-order valence-corrected chi connectivity index (χ1v) is 8.37. The Morgan fingerprint density at radius 3 is 2.04 bits per heavy atom. The predicted molar refractivity (Wildman–Crippen MR) is 89.2 cm³/mol. The van der Waals surface area contributed by atoms with Gasteiger partial charge in [0.05, 0.1) is 4.75 Å². The molecule has 2 unspecified atom stereocenters. The maximum absolute atomic E-state index is 15.2. The second-order valence-electron chi connectivity index (χ2n) is 5.41. The molecule has 0 fully saturated rings. The minimum atomic E-state index is -2.26. The highest BCUT2D eigenvalue weighted by Crippen LogP contribution is 2.48. The fraction of sp³-hybridized carbons (Fsp3) is 0.158. The van der Waals surface area contributed by atoms with Crippen LogP contribution in [0.4, 0.5) is 13.2 Å². The van der Waals surface area contributed by atoms with Gasteiger partial charge in [0.25, 0.3) is 0 Å². The minimum Gasteiger partial charge on any atom is -0.226 e. The van der Waals surface area contributed by atoms with Gasteiger partial charge < -0.3 is 0 Å². The zero-order valence-corrected chi connectivity index (χ0v) is 13.3. The van der Waals surface area contributed by atoms with Gasteiger partial charge in [-0.2, -0.15) is 0 Å². The van der Waals surface area contributed by atoms with Gasteiger partial charge in [-0.05, 0) is 41.7 Å². The second-order valence-corrected chi connectivity index (χ2v) is 6.49. The van der Waals surface area contributed by atoms with Gasteiger partial charge >= 0.3 is 0 Å². The molecule has 0 spiro atoms. The third-order valence-corrected chi connectivity index (χ3v) is 5.24. The van der Waals surface area contributed by atoms with Crippen LogP contribution in [0.15, 0.2) is 78.7 Å². The molecular formula is C19H15F3S. The monoisotopic (exact) mass is 332 g/mol. The Morgan fingerprint density at radius 2 is 1.48 bits per heavy atom. The highest BCUT2D eigenvalue weighted by Gasteiger charge is 2.42. The first-order chi connectivity index (χ1) is 11.0. The lowest BCUT2D eigenvalue weighted by Gasteiger charge is -2.33. The minimum absolute atomic E-state index is 0.249. The summed E-state index contributed by atoms with van der Waals surface area (Å²) in [6.45, 7) is 0. The third-order valence-electron chi connectivity index (χ3n) is 4.08. The average molecular weight is 332 g/mol. The first-order valence-electron chi connectivity index (χ1n) is 7.15. The van der Waals surface area contributed by atoms with Gasteiger partial charge in [-0.25, -0.2) is 13.2 Å². The zero-order chi connectivity index (χ0) is 16.5. The molecule has 0 saturated carbocycles. The molecule has 118 valence electrons. The summed E-state index contributed by atoms with van der Waals surface area (Å²) in [7, 11) is 0. The second kappa shape index (κ2) is 5.93. The van der Waals surface area contributed by atoms with E-state index < -0.39 is 16.2 Å². The van der Waals surface area contributed by atoms with Crippen molar-refractivity contribution in [3.8, 4) is 0 Å². The molecule has 1 aliphatic carbocycles. The van der Waals surface area contributed by atoms with E-state index in [-0.39, 0.29) is 11.4 Å². The summed E-state index contributed by atoms with van der Waals surface area (Å²) in [4.78, 5) is 0. The Morgan fingerprint density at radius 1 is 0.826 bits per heavy atom. The normalized spacial score (nSPS) is 26.9. The summed E-state index contributed by atoms with van der Waals surface area (Å²) in [5, 5.41) is 0. The van der Waals surface area contributed by atoms with Gasteiger partial charge in [0.1, 0.15) is 11.6 Å². The van der Waals surface area contributed by atoms with Gasteiger partial charge in [-0.1, -0.05) is 48.5 Å². The SMILES string of the molecule is CSC1(c2ccc(F)cc2)C=CC(F)(c2ccccc2)C(F)=C1. The molecule has 0 amide bonds. The van der Waals surface area contributed by atoms with Crippen LogP contribution in [0, 0.1) is 5.82 Å². The summed E-state index contributed by atoms with van der Waals surface area (Å²) < 4.78 is 42.2. The largest absolute Gasteiger partial charge is 0.226 e. The van der Waals surface area contributed by atoms with Crippen molar-refractivity contribution in [3.63, 3.8) is 0 Å². The van der Waals surface area contributed by atoms with Crippen LogP contribution in [-0.4, -0.2) is 6.26 Å². The Labute approximate surface area is 137 Å². The van der Waals surface area contributed by atoms with Gasteiger partial charge in [0, 0.05) is 0 Å². The van der Waals surface area contributed by atoms with E-state index in [1.54, 1.807) is 48.5 Å². The fourth-order valence-electron chi connectivity index (χ4n) is 2.71. The van der Waals surface area contributed by atoms with Crippen molar-refractivity contribution >= 4 is 11.8 Å². The Kier molecular flexibility index (Phi) is 4.11. The molecule has 2 aromatic rings. The number of benzene rings is 2. The molecule has 1 aliphatic rings. The van der Waals surface area contributed by atoms with Gasteiger partial charge in [-0.15, -0.1) is 11.8 Å². The highest BCUT2D eigenvalue weighted by atomic mass is 32.2. The standard InChI is InChI=1S/C19H15F3S/c1-23-18(14-7-9-16(20)10-8-14)11-12-19(22,17(21)13-18)15-5-3-2-4-6-15/h2-13H,1H3. The topological polar surface area (TPSA) is 0 Å². The Balaban J connectivity index is 2.06. The molecule has 0 heterocycles. The van der Waals surface area contributed by atoms with Crippen molar-refractivity contribution in [2.75, 3.05) is 6.26 Å². The lowest BCUT2D eigenvalue weighted by Crippen LogP contribution is -2.28. The number of halogens is 3. The summed E-state index contributed by atoms with van der Waals surface area (Å²) in [6, 6.07) is 14.0.